The van der Waals surface area contributed by atoms with Crippen LogP contribution in [0.2, 0.25) is 0 Å². The van der Waals surface area contributed by atoms with Crippen LogP contribution in [0, 0.1) is 13.8 Å². The summed E-state index contributed by atoms with van der Waals surface area (Å²) >= 11 is 0. The van der Waals surface area contributed by atoms with Crippen LogP contribution in [0.3, 0.4) is 0 Å². The predicted molar refractivity (Wildman–Crippen MR) is 111 cm³/mol. The molecule has 1 N–H and O–H groups in total. The number of hydrogen-bond donors (Lipinski definition) is 1. The lowest BCUT2D eigenvalue weighted by molar-refractivity contribution is 0.548. The highest BCUT2D eigenvalue weighted by Gasteiger charge is 2.12. The fourth-order valence-electron chi connectivity index (χ4n) is 3.63. The maximum atomic E-state index is 12.0. The molecular weight excluding hydrogens is 334 g/mol. The van der Waals surface area contributed by atoms with Crippen molar-refractivity contribution in [1.29, 1.82) is 0 Å². The van der Waals surface area contributed by atoms with Crippen LogP contribution in [-0.2, 0) is 6.54 Å². The summed E-state index contributed by atoms with van der Waals surface area (Å²) in [6, 6.07) is 20.6. The van der Waals surface area contributed by atoms with Crippen molar-refractivity contribution in [2.75, 3.05) is 0 Å². The van der Waals surface area contributed by atoms with E-state index in [0.29, 0.717) is 12.1 Å². The lowest BCUT2D eigenvalue weighted by Crippen LogP contribution is -2.19. The van der Waals surface area contributed by atoms with Crippen LogP contribution >= 0.6 is 0 Å². The summed E-state index contributed by atoms with van der Waals surface area (Å²) < 4.78 is 5.40. The number of nitrogens with one attached hydrogen (secondary N) is 1. The average Bonchev–Trinajstić information content (AvgIpc) is 2.66. The molecule has 0 fully saturated rings. The maximum Gasteiger partial charge on any atom is 0.336 e. The first-order valence-corrected chi connectivity index (χ1v) is 9.28. The minimum atomic E-state index is -0.305. The van der Waals surface area contributed by atoms with Gasteiger partial charge in [0.1, 0.15) is 5.58 Å². The second kappa shape index (κ2) is 7.01. The van der Waals surface area contributed by atoms with E-state index in [-0.39, 0.29) is 11.7 Å². The van der Waals surface area contributed by atoms with Crippen LogP contribution in [0.15, 0.2) is 69.9 Å². The minimum Gasteiger partial charge on any atom is -0.423 e. The van der Waals surface area contributed by atoms with Crippen molar-refractivity contribution in [3.8, 4) is 0 Å². The molecule has 3 aromatic carbocycles. The van der Waals surface area contributed by atoms with Gasteiger partial charge in [-0.05, 0) is 65.9 Å². The van der Waals surface area contributed by atoms with Gasteiger partial charge in [-0.1, -0.05) is 42.5 Å². The van der Waals surface area contributed by atoms with Crippen LogP contribution < -0.4 is 10.9 Å². The molecule has 3 heteroatoms. The second-order valence-electron chi connectivity index (χ2n) is 7.19. The van der Waals surface area contributed by atoms with Gasteiger partial charge in [0.15, 0.2) is 0 Å². The Labute approximate surface area is 158 Å². The van der Waals surface area contributed by atoms with Gasteiger partial charge in [0.05, 0.1) is 0 Å². The van der Waals surface area contributed by atoms with Crippen LogP contribution in [-0.4, -0.2) is 0 Å². The largest absolute Gasteiger partial charge is 0.423 e. The van der Waals surface area contributed by atoms with Gasteiger partial charge in [-0.2, -0.15) is 0 Å². The van der Waals surface area contributed by atoms with Crippen molar-refractivity contribution in [2.24, 2.45) is 0 Å². The Bertz CT molecular complexity index is 1180. The molecule has 0 amide bonds. The van der Waals surface area contributed by atoms with Crippen molar-refractivity contribution in [3.63, 3.8) is 0 Å². The third-order valence-electron chi connectivity index (χ3n) is 5.33. The Morgan fingerprint density at radius 2 is 1.67 bits per heavy atom. The van der Waals surface area contributed by atoms with Gasteiger partial charge in [0, 0.05) is 24.0 Å². The van der Waals surface area contributed by atoms with E-state index in [4.69, 9.17) is 4.42 Å². The standard InChI is InChI=1S/C24H23NO2/c1-15-11-22-19(13-24(26)27-23(22)12-16(15)2)14-25-17(3)20-10-6-8-18-7-4-5-9-21(18)20/h4-13,17,25H,14H2,1-3H3/t17-/m0/s1. The Balaban J connectivity index is 1.67. The number of aryl methyl sites for hydroxylation is 2. The maximum absolute atomic E-state index is 12.0. The first-order chi connectivity index (χ1) is 13.0. The van der Waals surface area contributed by atoms with Gasteiger partial charge >= 0.3 is 5.63 Å². The molecule has 1 aromatic heterocycles. The molecule has 0 spiro atoms. The monoisotopic (exact) mass is 357 g/mol. The third-order valence-corrected chi connectivity index (χ3v) is 5.33. The smallest absolute Gasteiger partial charge is 0.336 e. The van der Waals surface area contributed by atoms with E-state index in [2.05, 4.69) is 67.7 Å². The summed E-state index contributed by atoms with van der Waals surface area (Å²) in [6.07, 6.45) is 0. The SMILES string of the molecule is Cc1cc2oc(=O)cc(CN[C@@H](C)c3cccc4ccccc34)c2cc1C. The zero-order valence-electron chi connectivity index (χ0n) is 15.9. The number of fused-ring (bicyclic) bond motifs is 2. The number of benzene rings is 3. The van der Waals surface area contributed by atoms with Crippen molar-refractivity contribution < 1.29 is 4.42 Å². The van der Waals surface area contributed by atoms with Crippen molar-refractivity contribution in [1.82, 2.24) is 5.32 Å². The molecule has 0 radical (unpaired) electrons. The Morgan fingerprint density at radius 3 is 2.52 bits per heavy atom. The van der Waals surface area contributed by atoms with Gasteiger partial charge in [0.25, 0.3) is 0 Å². The zero-order chi connectivity index (χ0) is 19.0. The van der Waals surface area contributed by atoms with E-state index in [0.717, 1.165) is 16.5 Å². The third kappa shape index (κ3) is 3.38. The summed E-state index contributed by atoms with van der Waals surface area (Å²) in [5.41, 5.74) is 4.89. The van der Waals surface area contributed by atoms with Crippen LogP contribution in [0.4, 0.5) is 0 Å². The molecule has 0 aliphatic heterocycles. The van der Waals surface area contributed by atoms with E-state index < -0.39 is 0 Å². The average molecular weight is 357 g/mol. The van der Waals surface area contributed by atoms with E-state index in [1.54, 1.807) is 6.07 Å². The van der Waals surface area contributed by atoms with Crippen LogP contribution in [0.25, 0.3) is 21.7 Å². The molecule has 0 bridgehead atoms. The molecule has 1 heterocycles. The van der Waals surface area contributed by atoms with Gasteiger partial charge in [-0.25, -0.2) is 4.79 Å². The van der Waals surface area contributed by atoms with Crippen LogP contribution in [0.1, 0.15) is 35.2 Å². The lowest BCUT2D eigenvalue weighted by atomic mass is 9.99. The molecule has 0 unspecified atom stereocenters. The number of rotatable bonds is 4. The Morgan fingerprint density at radius 1 is 0.926 bits per heavy atom. The first-order valence-electron chi connectivity index (χ1n) is 9.28. The molecule has 136 valence electrons. The molecule has 0 aliphatic carbocycles. The molecule has 0 saturated heterocycles. The highest BCUT2D eigenvalue weighted by atomic mass is 16.4. The highest BCUT2D eigenvalue weighted by Crippen LogP contribution is 2.26. The zero-order valence-corrected chi connectivity index (χ0v) is 15.9. The van der Waals surface area contributed by atoms with Gasteiger partial charge < -0.3 is 9.73 Å². The second-order valence-corrected chi connectivity index (χ2v) is 7.19. The fraction of sp³-hybridized carbons (Fsp3) is 0.208. The minimum absolute atomic E-state index is 0.157. The fourth-order valence-corrected chi connectivity index (χ4v) is 3.63. The topological polar surface area (TPSA) is 42.2 Å². The molecular formula is C24H23NO2. The summed E-state index contributed by atoms with van der Waals surface area (Å²) in [4.78, 5) is 12.0. The summed E-state index contributed by atoms with van der Waals surface area (Å²) in [7, 11) is 0. The van der Waals surface area contributed by atoms with E-state index in [9.17, 15) is 4.79 Å². The molecule has 4 rings (SSSR count). The molecule has 3 nitrogen and oxygen atoms in total. The summed E-state index contributed by atoms with van der Waals surface area (Å²) in [5, 5.41) is 7.07. The molecule has 0 aliphatic rings. The molecule has 27 heavy (non-hydrogen) atoms. The van der Waals surface area contributed by atoms with Crippen molar-refractivity contribution in [2.45, 2.75) is 33.4 Å². The first kappa shape index (κ1) is 17.5. The highest BCUT2D eigenvalue weighted by molar-refractivity contribution is 5.86. The summed E-state index contributed by atoms with van der Waals surface area (Å²) in [5.74, 6) is 0. The Hall–Kier alpha value is -2.91. The van der Waals surface area contributed by atoms with E-state index in [1.807, 2.05) is 13.0 Å². The summed E-state index contributed by atoms with van der Waals surface area (Å²) in [6.45, 7) is 6.87. The van der Waals surface area contributed by atoms with E-state index in [1.165, 1.54) is 21.9 Å². The van der Waals surface area contributed by atoms with Gasteiger partial charge in [0.2, 0.25) is 0 Å². The van der Waals surface area contributed by atoms with E-state index >= 15 is 0 Å². The number of hydrogen-bond acceptors (Lipinski definition) is 3. The Kier molecular flexibility index (Phi) is 4.54. The molecule has 4 aromatic rings. The molecule has 0 saturated carbocycles. The van der Waals surface area contributed by atoms with Crippen LogP contribution in [0.5, 0.6) is 0 Å². The van der Waals surface area contributed by atoms with Crippen molar-refractivity contribution in [3.05, 3.63) is 93.3 Å². The van der Waals surface area contributed by atoms with Gasteiger partial charge in [-0.15, -0.1) is 0 Å². The lowest BCUT2D eigenvalue weighted by Gasteiger charge is -2.17. The predicted octanol–water partition coefficient (Wildman–Crippen LogP) is 5.41. The van der Waals surface area contributed by atoms with Gasteiger partial charge in [-0.3, -0.25) is 0 Å². The normalized spacial score (nSPS) is 12.6. The van der Waals surface area contributed by atoms with Crippen molar-refractivity contribution >= 4 is 21.7 Å². The quantitative estimate of drug-likeness (QED) is 0.496. The molecule has 1 atom stereocenters.